The van der Waals surface area contributed by atoms with Gasteiger partial charge in [0.05, 0.1) is 12.2 Å². The van der Waals surface area contributed by atoms with Crippen LogP contribution in [-0.2, 0) is 4.79 Å². The van der Waals surface area contributed by atoms with Gasteiger partial charge in [-0.2, -0.15) is 5.26 Å². The number of rotatable bonds is 5. The molecule has 0 saturated carbocycles. The summed E-state index contributed by atoms with van der Waals surface area (Å²) in [5.74, 6) is -0.169. The minimum absolute atomic E-state index is 0.127. The summed E-state index contributed by atoms with van der Waals surface area (Å²) >= 11 is 0. The Morgan fingerprint density at radius 1 is 1.69 bits per heavy atom. The molecular formula is C9H15N3O. The van der Waals surface area contributed by atoms with Gasteiger partial charge in [-0.05, 0) is 13.8 Å². The van der Waals surface area contributed by atoms with E-state index < -0.39 is 0 Å². The van der Waals surface area contributed by atoms with Gasteiger partial charge in [0.1, 0.15) is 0 Å². The Bertz CT molecular complexity index is 230. The predicted molar refractivity (Wildman–Crippen MR) is 50.7 cm³/mol. The summed E-state index contributed by atoms with van der Waals surface area (Å²) in [5, 5.41) is 13.9. The van der Waals surface area contributed by atoms with Crippen LogP contribution in [0.25, 0.3) is 0 Å². The summed E-state index contributed by atoms with van der Waals surface area (Å²) < 4.78 is 0. The monoisotopic (exact) mass is 181 g/mol. The lowest BCUT2D eigenvalue weighted by atomic mass is 10.3. The van der Waals surface area contributed by atoms with E-state index >= 15 is 0 Å². The Morgan fingerprint density at radius 2 is 2.31 bits per heavy atom. The molecule has 0 radical (unpaired) electrons. The molecule has 4 heteroatoms. The van der Waals surface area contributed by atoms with Crippen LogP contribution in [0.3, 0.4) is 0 Å². The smallest absolute Gasteiger partial charge is 0.247 e. The Morgan fingerprint density at radius 3 is 2.77 bits per heavy atom. The molecule has 72 valence electrons. The average Bonchev–Trinajstić information content (AvgIpc) is 2.04. The number of hydrogen-bond acceptors (Lipinski definition) is 3. The fourth-order valence-electron chi connectivity index (χ4n) is 0.715. The van der Waals surface area contributed by atoms with Gasteiger partial charge in [0.2, 0.25) is 5.91 Å². The van der Waals surface area contributed by atoms with Gasteiger partial charge in [-0.1, -0.05) is 6.58 Å². The molecule has 0 bridgehead atoms. The van der Waals surface area contributed by atoms with E-state index in [1.54, 1.807) is 6.92 Å². The van der Waals surface area contributed by atoms with Crippen molar-refractivity contribution in [3.8, 4) is 6.07 Å². The van der Waals surface area contributed by atoms with Gasteiger partial charge in [-0.3, -0.25) is 10.1 Å². The molecule has 0 aliphatic carbocycles. The third-order valence-corrected chi connectivity index (χ3v) is 1.42. The van der Waals surface area contributed by atoms with Crippen molar-refractivity contribution in [2.75, 3.05) is 6.54 Å². The molecule has 0 heterocycles. The maximum absolute atomic E-state index is 11.1. The van der Waals surface area contributed by atoms with Crippen molar-refractivity contribution >= 4 is 5.91 Å². The van der Waals surface area contributed by atoms with Gasteiger partial charge in [0.15, 0.2) is 0 Å². The maximum atomic E-state index is 11.1. The normalized spacial score (nSPS) is 11.5. The van der Waals surface area contributed by atoms with Gasteiger partial charge in [0, 0.05) is 18.5 Å². The Balaban J connectivity index is 3.63. The number of hydrogen-bond donors (Lipinski definition) is 2. The zero-order valence-corrected chi connectivity index (χ0v) is 8.05. The molecule has 0 fully saturated rings. The van der Waals surface area contributed by atoms with E-state index in [2.05, 4.69) is 17.2 Å². The number of nitrogens with one attached hydrogen (secondary N) is 2. The van der Waals surface area contributed by atoms with Crippen LogP contribution in [0.2, 0.25) is 0 Å². The summed E-state index contributed by atoms with van der Waals surface area (Å²) in [6.45, 7) is 7.56. The lowest BCUT2D eigenvalue weighted by molar-refractivity contribution is -0.118. The fourth-order valence-corrected chi connectivity index (χ4v) is 0.715. The molecule has 0 aromatic heterocycles. The average molecular weight is 181 g/mol. The molecule has 2 N–H and O–H groups in total. The maximum Gasteiger partial charge on any atom is 0.247 e. The highest BCUT2D eigenvalue weighted by Crippen LogP contribution is 1.87. The van der Waals surface area contributed by atoms with Crippen molar-refractivity contribution in [3.63, 3.8) is 0 Å². The van der Waals surface area contributed by atoms with Crippen molar-refractivity contribution in [1.29, 1.82) is 5.26 Å². The van der Waals surface area contributed by atoms with Crippen molar-refractivity contribution in [3.05, 3.63) is 12.2 Å². The zero-order chi connectivity index (χ0) is 10.3. The standard InChI is InChI=1S/C9H15N3O/c1-7(2)9(13)12-8(3)11-6-4-5-10/h8,11H,1,4,6H2,2-3H3,(H,12,13). The molecule has 13 heavy (non-hydrogen) atoms. The largest absolute Gasteiger partial charge is 0.337 e. The lowest BCUT2D eigenvalue weighted by Crippen LogP contribution is -2.43. The van der Waals surface area contributed by atoms with Crippen LogP contribution in [0.1, 0.15) is 20.3 Å². The van der Waals surface area contributed by atoms with E-state index in [4.69, 9.17) is 5.26 Å². The second kappa shape index (κ2) is 6.21. The van der Waals surface area contributed by atoms with E-state index in [9.17, 15) is 4.79 Å². The van der Waals surface area contributed by atoms with Crippen LogP contribution in [0.4, 0.5) is 0 Å². The number of carbonyl (C=O) groups excluding carboxylic acids is 1. The predicted octanol–water partition coefficient (Wildman–Crippen LogP) is 0.528. The van der Waals surface area contributed by atoms with Crippen LogP contribution in [0.5, 0.6) is 0 Å². The number of nitriles is 1. The lowest BCUT2D eigenvalue weighted by Gasteiger charge is -2.14. The molecular weight excluding hydrogens is 166 g/mol. The number of amides is 1. The Hall–Kier alpha value is -1.34. The zero-order valence-electron chi connectivity index (χ0n) is 8.05. The van der Waals surface area contributed by atoms with E-state index in [0.29, 0.717) is 18.5 Å². The summed E-state index contributed by atoms with van der Waals surface area (Å²) in [5.41, 5.74) is 0.480. The molecule has 0 rings (SSSR count). The van der Waals surface area contributed by atoms with Crippen molar-refractivity contribution in [2.24, 2.45) is 0 Å². The van der Waals surface area contributed by atoms with Gasteiger partial charge >= 0.3 is 0 Å². The van der Waals surface area contributed by atoms with Crippen LogP contribution >= 0.6 is 0 Å². The second-order valence-corrected chi connectivity index (χ2v) is 2.84. The van der Waals surface area contributed by atoms with Gasteiger partial charge in [-0.15, -0.1) is 0 Å². The van der Waals surface area contributed by atoms with Crippen molar-refractivity contribution in [1.82, 2.24) is 10.6 Å². The third-order valence-electron chi connectivity index (χ3n) is 1.42. The van der Waals surface area contributed by atoms with Crippen LogP contribution in [0.15, 0.2) is 12.2 Å². The Labute approximate surface area is 78.6 Å². The molecule has 0 spiro atoms. The van der Waals surface area contributed by atoms with Gasteiger partial charge < -0.3 is 5.32 Å². The fraction of sp³-hybridized carbons (Fsp3) is 0.556. The molecule has 1 unspecified atom stereocenters. The van der Waals surface area contributed by atoms with Crippen molar-refractivity contribution < 1.29 is 4.79 Å². The Kier molecular flexibility index (Phi) is 5.57. The molecule has 1 atom stereocenters. The first kappa shape index (κ1) is 11.7. The van der Waals surface area contributed by atoms with E-state index in [-0.39, 0.29) is 12.1 Å². The van der Waals surface area contributed by atoms with Crippen molar-refractivity contribution in [2.45, 2.75) is 26.4 Å². The highest BCUT2D eigenvalue weighted by Gasteiger charge is 2.05. The highest BCUT2D eigenvalue weighted by molar-refractivity contribution is 5.92. The first-order valence-corrected chi connectivity index (χ1v) is 4.14. The third kappa shape index (κ3) is 5.88. The first-order chi connectivity index (χ1) is 6.07. The number of nitrogens with zero attached hydrogens (tertiary/aromatic N) is 1. The molecule has 0 aliphatic heterocycles. The molecule has 0 aliphatic rings. The molecule has 1 amide bonds. The summed E-state index contributed by atoms with van der Waals surface area (Å²) in [6.07, 6.45) is 0.311. The van der Waals surface area contributed by atoms with Crippen LogP contribution in [0, 0.1) is 11.3 Å². The molecule has 4 nitrogen and oxygen atoms in total. The summed E-state index contributed by atoms with van der Waals surface area (Å²) in [7, 11) is 0. The van der Waals surface area contributed by atoms with E-state index in [0.717, 1.165) is 0 Å². The quantitative estimate of drug-likeness (QED) is 0.369. The SMILES string of the molecule is C=C(C)C(=O)NC(C)NCCC#N. The molecule has 0 aromatic rings. The number of carbonyl (C=O) groups is 1. The van der Waals surface area contributed by atoms with Gasteiger partial charge in [0.25, 0.3) is 0 Å². The molecule has 0 saturated heterocycles. The summed E-state index contributed by atoms with van der Waals surface area (Å²) in [4.78, 5) is 11.1. The van der Waals surface area contributed by atoms with Gasteiger partial charge in [-0.25, -0.2) is 0 Å². The van der Waals surface area contributed by atoms with Crippen LogP contribution in [-0.4, -0.2) is 18.6 Å². The van der Waals surface area contributed by atoms with Crippen LogP contribution < -0.4 is 10.6 Å². The highest BCUT2D eigenvalue weighted by atomic mass is 16.1. The minimum atomic E-state index is -0.169. The molecule has 0 aromatic carbocycles. The van der Waals surface area contributed by atoms with E-state index in [1.165, 1.54) is 0 Å². The first-order valence-electron chi connectivity index (χ1n) is 4.14. The topological polar surface area (TPSA) is 64.9 Å². The van der Waals surface area contributed by atoms with E-state index in [1.807, 2.05) is 13.0 Å². The minimum Gasteiger partial charge on any atom is -0.337 e. The summed E-state index contributed by atoms with van der Waals surface area (Å²) in [6, 6.07) is 2.01. The second-order valence-electron chi connectivity index (χ2n) is 2.84.